The summed E-state index contributed by atoms with van der Waals surface area (Å²) < 4.78 is 2.30. The van der Waals surface area contributed by atoms with Crippen LogP contribution in [0.2, 0.25) is 0 Å². The molecule has 1 amide bonds. The van der Waals surface area contributed by atoms with Crippen molar-refractivity contribution in [2.24, 2.45) is 5.92 Å². The van der Waals surface area contributed by atoms with Crippen LogP contribution in [-0.2, 0) is 11.3 Å². The lowest BCUT2D eigenvalue weighted by molar-refractivity contribution is -0.126. The fourth-order valence-corrected chi connectivity index (χ4v) is 5.05. The van der Waals surface area contributed by atoms with Gasteiger partial charge in [-0.05, 0) is 87.4 Å². The molecule has 4 rings (SSSR count). The first-order valence-electron chi connectivity index (χ1n) is 11.7. The molecular weight excluding hydrogens is 382 g/mol. The van der Waals surface area contributed by atoms with Crippen molar-refractivity contribution in [2.75, 3.05) is 0 Å². The van der Waals surface area contributed by atoms with Gasteiger partial charge < -0.3 is 9.88 Å². The second kappa shape index (κ2) is 8.86. The average molecular weight is 418 g/mol. The number of para-hydroxylation sites is 2. The van der Waals surface area contributed by atoms with Crippen LogP contribution in [0.1, 0.15) is 78.7 Å². The second-order valence-electron chi connectivity index (χ2n) is 9.35. The van der Waals surface area contributed by atoms with Crippen molar-refractivity contribution in [3.05, 3.63) is 64.0 Å². The summed E-state index contributed by atoms with van der Waals surface area (Å²) in [6, 6.07) is 10.4. The number of hydrogen-bond donors (Lipinski definition) is 1. The molecule has 2 aromatic carbocycles. The highest BCUT2D eigenvalue weighted by atomic mass is 16.1. The Balaban J connectivity index is 1.71. The SMILES string of the molecule is Cc1cc(C)c(C)c(Cn2c(C(C)NC(=O)C3CCCCC3)nc3ccccc32)c1C. The van der Waals surface area contributed by atoms with Crippen molar-refractivity contribution in [3.63, 3.8) is 0 Å². The number of rotatable bonds is 5. The molecule has 1 aliphatic rings. The quantitative estimate of drug-likeness (QED) is 0.547. The van der Waals surface area contributed by atoms with Gasteiger partial charge in [-0.3, -0.25) is 4.79 Å². The molecule has 4 heteroatoms. The van der Waals surface area contributed by atoms with Gasteiger partial charge in [-0.15, -0.1) is 0 Å². The van der Waals surface area contributed by atoms with Gasteiger partial charge in [0.25, 0.3) is 0 Å². The molecule has 31 heavy (non-hydrogen) atoms. The minimum atomic E-state index is -0.131. The Morgan fingerprint density at radius 1 is 1.06 bits per heavy atom. The van der Waals surface area contributed by atoms with Gasteiger partial charge in [0.2, 0.25) is 5.91 Å². The summed E-state index contributed by atoms with van der Waals surface area (Å²) in [6.07, 6.45) is 5.60. The van der Waals surface area contributed by atoms with Crippen molar-refractivity contribution >= 4 is 16.9 Å². The number of hydrogen-bond acceptors (Lipinski definition) is 2. The van der Waals surface area contributed by atoms with E-state index in [1.165, 1.54) is 34.2 Å². The fourth-order valence-electron chi connectivity index (χ4n) is 5.05. The number of aryl methyl sites for hydroxylation is 2. The summed E-state index contributed by atoms with van der Waals surface area (Å²) >= 11 is 0. The summed E-state index contributed by atoms with van der Waals surface area (Å²) in [4.78, 5) is 17.9. The minimum Gasteiger partial charge on any atom is -0.346 e. The highest BCUT2D eigenvalue weighted by Crippen LogP contribution is 2.28. The number of carbonyl (C=O) groups is 1. The third kappa shape index (κ3) is 4.26. The number of benzene rings is 2. The van der Waals surface area contributed by atoms with E-state index in [9.17, 15) is 4.79 Å². The first-order valence-corrected chi connectivity index (χ1v) is 11.7. The molecule has 1 atom stereocenters. The normalized spacial score (nSPS) is 15.9. The molecule has 0 radical (unpaired) electrons. The predicted octanol–water partition coefficient (Wildman–Crippen LogP) is 6.08. The van der Waals surface area contributed by atoms with Crippen LogP contribution in [0.5, 0.6) is 0 Å². The maximum absolute atomic E-state index is 12.9. The van der Waals surface area contributed by atoms with Crippen LogP contribution < -0.4 is 5.32 Å². The van der Waals surface area contributed by atoms with Gasteiger partial charge >= 0.3 is 0 Å². The Hall–Kier alpha value is -2.62. The standard InChI is InChI=1S/C27H35N3O/c1-17-15-18(2)20(4)23(19(17)3)16-30-25-14-10-9-13-24(25)29-26(30)21(5)28-27(31)22-11-7-6-8-12-22/h9-10,13-15,21-22H,6-8,11-12,16H2,1-5H3,(H,28,31). The zero-order chi connectivity index (χ0) is 22.1. The topological polar surface area (TPSA) is 46.9 Å². The molecular formula is C27H35N3O. The predicted molar refractivity (Wildman–Crippen MR) is 127 cm³/mol. The molecule has 164 valence electrons. The molecule has 0 saturated heterocycles. The Labute approximate surface area is 186 Å². The van der Waals surface area contributed by atoms with E-state index in [4.69, 9.17) is 4.98 Å². The molecule has 4 nitrogen and oxygen atoms in total. The zero-order valence-electron chi connectivity index (χ0n) is 19.6. The minimum absolute atomic E-state index is 0.131. The van der Waals surface area contributed by atoms with Crippen LogP contribution in [-0.4, -0.2) is 15.5 Å². The Kier molecular flexibility index (Phi) is 6.17. The fraction of sp³-hybridized carbons (Fsp3) is 0.481. The third-order valence-electron chi connectivity index (χ3n) is 7.24. The highest BCUT2D eigenvalue weighted by Gasteiger charge is 2.25. The van der Waals surface area contributed by atoms with E-state index in [-0.39, 0.29) is 17.9 Å². The molecule has 1 fully saturated rings. The van der Waals surface area contributed by atoms with E-state index < -0.39 is 0 Å². The molecule has 1 aromatic heterocycles. The van der Waals surface area contributed by atoms with Crippen molar-refractivity contribution in [1.29, 1.82) is 0 Å². The van der Waals surface area contributed by atoms with Crippen molar-refractivity contribution in [1.82, 2.24) is 14.9 Å². The van der Waals surface area contributed by atoms with Gasteiger partial charge in [0, 0.05) is 12.5 Å². The Morgan fingerprint density at radius 3 is 2.39 bits per heavy atom. The molecule has 1 aliphatic carbocycles. The summed E-state index contributed by atoms with van der Waals surface area (Å²) in [7, 11) is 0. The van der Waals surface area contributed by atoms with E-state index in [2.05, 4.69) is 68.8 Å². The van der Waals surface area contributed by atoms with Gasteiger partial charge in [0.15, 0.2) is 0 Å². The van der Waals surface area contributed by atoms with Gasteiger partial charge in [-0.25, -0.2) is 4.98 Å². The van der Waals surface area contributed by atoms with E-state index in [0.29, 0.717) is 0 Å². The van der Waals surface area contributed by atoms with Crippen LogP contribution in [0.15, 0.2) is 30.3 Å². The van der Waals surface area contributed by atoms with Crippen LogP contribution >= 0.6 is 0 Å². The van der Waals surface area contributed by atoms with Crippen molar-refractivity contribution < 1.29 is 4.79 Å². The van der Waals surface area contributed by atoms with Crippen LogP contribution in [0.25, 0.3) is 11.0 Å². The summed E-state index contributed by atoms with van der Waals surface area (Å²) in [5.74, 6) is 1.27. The largest absolute Gasteiger partial charge is 0.346 e. The maximum Gasteiger partial charge on any atom is 0.223 e. The molecule has 1 N–H and O–H groups in total. The highest BCUT2D eigenvalue weighted by molar-refractivity contribution is 5.80. The lowest BCUT2D eigenvalue weighted by atomic mass is 9.88. The number of nitrogens with zero attached hydrogens (tertiary/aromatic N) is 2. The maximum atomic E-state index is 12.9. The first-order chi connectivity index (χ1) is 14.9. The number of carbonyl (C=O) groups excluding carboxylic acids is 1. The van der Waals surface area contributed by atoms with Crippen LogP contribution in [0.4, 0.5) is 0 Å². The van der Waals surface area contributed by atoms with E-state index in [0.717, 1.165) is 49.1 Å². The lowest BCUT2D eigenvalue weighted by Gasteiger charge is -2.24. The van der Waals surface area contributed by atoms with Gasteiger partial charge in [-0.2, -0.15) is 0 Å². The van der Waals surface area contributed by atoms with E-state index in [1.807, 2.05) is 6.07 Å². The molecule has 1 saturated carbocycles. The monoisotopic (exact) mass is 417 g/mol. The van der Waals surface area contributed by atoms with Crippen molar-refractivity contribution in [2.45, 2.75) is 79.3 Å². The Bertz CT molecular complexity index is 1080. The third-order valence-corrected chi connectivity index (χ3v) is 7.24. The lowest BCUT2D eigenvalue weighted by Crippen LogP contribution is -2.35. The number of fused-ring (bicyclic) bond motifs is 1. The molecule has 1 heterocycles. The van der Waals surface area contributed by atoms with Gasteiger partial charge in [0.1, 0.15) is 5.82 Å². The number of imidazole rings is 1. The zero-order valence-corrected chi connectivity index (χ0v) is 19.6. The first kappa shape index (κ1) is 21.6. The summed E-state index contributed by atoms with van der Waals surface area (Å²) in [5.41, 5.74) is 8.78. The van der Waals surface area contributed by atoms with Gasteiger partial charge in [-0.1, -0.05) is 37.5 Å². The number of amides is 1. The number of nitrogens with one attached hydrogen (secondary N) is 1. The smallest absolute Gasteiger partial charge is 0.223 e. The molecule has 0 spiro atoms. The molecule has 1 unspecified atom stereocenters. The van der Waals surface area contributed by atoms with E-state index >= 15 is 0 Å². The summed E-state index contributed by atoms with van der Waals surface area (Å²) in [5, 5.41) is 3.28. The molecule has 3 aromatic rings. The summed E-state index contributed by atoms with van der Waals surface area (Å²) in [6.45, 7) is 11.6. The van der Waals surface area contributed by atoms with Crippen LogP contribution in [0, 0.1) is 33.6 Å². The van der Waals surface area contributed by atoms with Crippen molar-refractivity contribution in [3.8, 4) is 0 Å². The Morgan fingerprint density at radius 2 is 1.71 bits per heavy atom. The second-order valence-corrected chi connectivity index (χ2v) is 9.35. The van der Waals surface area contributed by atoms with Gasteiger partial charge in [0.05, 0.1) is 17.1 Å². The van der Waals surface area contributed by atoms with E-state index in [1.54, 1.807) is 0 Å². The number of aromatic nitrogens is 2. The average Bonchev–Trinajstić information content (AvgIpc) is 3.14. The van der Waals surface area contributed by atoms with Crippen LogP contribution in [0.3, 0.4) is 0 Å². The molecule has 0 bridgehead atoms. The molecule has 0 aliphatic heterocycles.